The van der Waals surface area contributed by atoms with E-state index in [1.807, 2.05) is 0 Å². The van der Waals surface area contributed by atoms with Gasteiger partial charge >= 0.3 is 0 Å². The molecule has 0 bridgehead atoms. The molecule has 1 aliphatic carbocycles. The molecule has 88 valence electrons. The van der Waals surface area contributed by atoms with Crippen molar-refractivity contribution in [3.8, 4) is 0 Å². The van der Waals surface area contributed by atoms with Gasteiger partial charge in [-0.2, -0.15) is 0 Å². The summed E-state index contributed by atoms with van der Waals surface area (Å²) in [4.78, 5) is 4.15. The minimum absolute atomic E-state index is 0.244. The SMILES string of the molecule is CC1CCC(S(=O)c2ncccc2N)CC1. The Morgan fingerprint density at radius 2 is 2.06 bits per heavy atom. The lowest BCUT2D eigenvalue weighted by atomic mass is 9.91. The van der Waals surface area contributed by atoms with Crippen LogP contribution in [0.1, 0.15) is 32.6 Å². The predicted molar refractivity (Wildman–Crippen MR) is 66.5 cm³/mol. The second kappa shape index (κ2) is 4.95. The maximum atomic E-state index is 12.3. The van der Waals surface area contributed by atoms with Gasteiger partial charge in [-0.05, 0) is 43.7 Å². The minimum atomic E-state index is -1.03. The predicted octanol–water partition coefficient (Wildman–Crippen LogP) is 2.35. The van der Waals surface area contributed by atoms with Crippen LogP contribution in [0.5, 0.6) is 0 Å². The van der Waals surface area contributed by atoms with Crippen LogP contribution in [0.2, 0.25) is 0 Å². The smallest absolute Gasteiger partial charge is 0.150 e. The van der Waals surface area contributed by atoms with Gasteiger partial charge in [0.1, 0.15) is 5.03 Å². The molecule has 2 N–H and O–H groups in total. The highest BCUT2D eigenvalue weighted by molar-refractivity contribution is 7.85. The number of nitrogens with zero attached hydrogens (tertiary/aromatic N) is 1. The molecule has 1 fully saturated rings. The molecule has 0 saturated heterocycles. The lowest BCUT2D eigenvalue weighted by Crippen LogP contribution is -2.23. The van der Waals surface area contributed by atoms with Crippen LogP contribution in [0.3, 0.4) is 0 Å². The summed E-state index contributed by atoms with van der Waals surface area (Å²) in [5.41, 5.74) is 6.35. The molecule has 1 heterocycles. The normalized spacial score (nSPS) is 27.6. The Morgan fingerprint density at radius 1 is 1.38 bits per heavy atom. The van der Waals surface area contributed by atoms with E-state index in [-0.39, 0.29) is 5.25 Å². The van der Waals surface area contributed by atoms with Crippen molar-refractivity contribution >= 4 is 16.5 Å². The first-order valence-corrected chi connectivity index (χ1v) is 7.01. The average molecular weight is 238 g/mol. The molecule has 1 aromatic heterocycles. The van der Waals surface area contributed by atoms with E-state index in [0.717, 1.165) is 18.8 Å². The summed E-state index contributed by atoms with van der Waals surface area (Å²) in [6.07, 6.45) is 6.06. The average Bonchev–Trinajstić information content (AvgIpc) is 2.30. The third-order valence-corrected chi connectivity index (χ3v) is 5.06. The zero-order valence-electron chi connectivity index (χ0n) is 9.56. The molecule has 0 aliphatic heterocycles. The molecule has 0 spiro atoms. The molecular weight excluding hydrogens is 220 g/mol. The highest BCUT2D eigenvalue weighted by Gasteiger charge is 2.25. The molecule has 1 aromatic rings. The van der Waals surface area contributed by atoms with Crippen molar-refractivity contribution < 1.29 is 4.21 Å². The Labute approximate surface area is 98.9 Å². The maximum Gasteiger partial charge on any atom is 0.150 e. The van der Waals surface area contributed by atoms with Crippen molar-refractivity contribution in [2.45, 2.75) is 42.9 Å². The fourth-order valence-corrected chi connectivity index (χ4v) is 3.65. The van der Waals surface area contributed by atoms with Crippen molar-refractivity contribution in [3.63, 3.8) is 0 Å². The van der Waals surface area contributed by atoms with E-state index >= 15 is 0 Å². The first-order chi connectivity index (χ1) is 7.68. The molecule has 3 nitrogen and oxygen atoms in total. The van der Waals surface area contributed by atoms with Crippen molar-refractivity contribution in [1.29, 1.82) is 0 Å². The van der Waals surface area contributed by atoms with Gasteiger partial charge in [0, 0.05) is 11.4 Å². The standard InChI is InChI=1S/C12H18N2OS/c1-9-4-6-10(7-5-9)16(15)12-11(13)3-2-8-14-12/h2-3,8-10H,4-7,13H2,1H3. The van der Waals surface area contributed by atoms with Crippen LogP contribution in [0.25, 0.3) is 0 Å². The fraction of sp³-hybridized carbons (Fsp3) is 0.583. The first-order valence-electron chi connectivity index (χ1n) is 5.79. The van der Waals surface area contributed by atoms with Gasteiger partial charge in [-0.25, -0.2) is 4.98 Å². The van der Waals surface area contributed by atoms with Crippen LogP contribution < -0.4 is 5.73 Å². The molecule has 0 amide bonds. The molecule has 16 heavy (non-hydrogen) atoms. The van der Waals surface area contributed by atoms with Gasteiger partial charge < -0.3 is 5.73 Å². The van der Waals surface area contributed by atoms with Crippen LogP contribution in [-0.4, -0.2) is 14.4 Å². The van der Waals surface area contributed by atoms with E-state index in [2.05, 4.69) is 11.9 Å². The third-order valence-electron chi connectivity index (χ3n) is 3.26. The summed E-state index contributed by atoms with van der Waals surface area (Å²) in [7, 11) is -1.03. The van der Waals surface area contributed by atoms with E-state index in [4.69, 9.17) is 5.73 Å². The molecule has 1 aliphatic rings. The number of hydrogen-bond donors (Lipinski definition) is 1. The highest BCUT2D eigenvalue weighted by Crippen LogP contribution is 2.30. The Hall–Kier alpha value is -0.900. The molecule has 1 saturated carbocycles. The summed E-state index contributed by atoms with van der Waals surface area (Å²) in [5, 5.41) is 0.815. The van der Waals surface area contributed by atoms with Crippen molar-refractivity contribution in [3.05, 3.63) is 18.3 Å². The van der Waals surface area contributed by atoms with Gasteiger partial charge in [0.15, 0.2) is 0 Å². The molecule has 4 heteroatoms. The summed E-state index contributed by atoms with van der Waals surface area (Å²) in [6.45, 7) is 2.26. The van der Waals surface area contributed by atoms with Crippen LogP contribution in [0.15, 0.2) is 23.4 Å². The molecule has 1 unspecified atom stereocenters. The van der Waals surface area contributed by atoms with Crippen LogP contribution >= 0.6 is 0 Å². The van der Waals surface area contributed by atoms with Gasteiger partial charge in [-0.1, -0.05) is 6.92 Å². The molecule has 2 rings (SSSR count). The van der Waals surface area contributed by atoms with Crippen molar-refractivity contribution in [2.24, 2.45) is 5.92 Å². The van der Waals surface area contributed by atoms with Crippen LogP contribution in [0.4, 0.5) is 5.69 Å². The maximum absolute atomic E-state index is 12.3. The molecule has 0 radical (unpaired) electrons. The lowest BCUT2D eigenvalue weighted by Gasteiger charge is -2.25. The van der Waals surface area contributed by atoms with Gasteiger partial charge in [0.2, 0.25) is 0 Å². The molecule has 0 aromatic carbocycles. The Bertz CT molecular complexity index is 386. The number of nitrogens with two attached hydrogens (primary N) is 1. The number of rotatable bonds is 2. The number of pyridine rings is 1. The van der Waals surface area contributed by atoms with Gasteiger partial charge in [0.05, 0.1) is 16.5 Å². The quantitative estimate of drug-likeness (QED) is 0.860. The first kappa shape index (κ1) is 11.6. The number of nitrogen functional groups attached to an aromatic ring is 1. The van der Waals surface area contributed by atoms with Crippen molar-refractivity contribution in [1.82, 2.24) is 4.98 Å². The van der Waals surface area contributed by atoms with E-state index in [0.29, 0.717) is 10.7 Å². The van der Waals surface area contributed by atoms with Crippen LogP contribution in [-0.2, 0) is 10.8 Å². The monoisotopic (exact) mass is 238 g/mol. The van der Waals surface area contributed by atoms with Gasteiger partial charge in [0.25, 0.3) is 0 Å². The topological polar surface area (TPSA) is 56.0 Å². The number of anilines is 1. The van der Waals surface area contributed by atoms with E-state index in [9.17, 15) is 4.21 Å². The Morgan fingerprint density at radius 3 is 2.69 bits per heavy atom. The fourth-order valence-electron chi connectivity index (χ4n) is 2.17. The van der Waals surface area contributed by atoms with Crippen LogP contribution in [0, 0.1) is 5.92 Å². The molecular formula is C12H18N2OS. The second-order valence-electron chi connectivity index (χ2n) is 4.58. The summed E-state index contributed by atoms with van der Waals surface area (Å²) in [5.74, 6) is 0.773. The summed E-state index contributed by atoms with van der Waals surface area (Å²) in [6, 6.07) is 3.55. The van der Waals surface area contributed by atoms with E-state index < -0.39 is 10.8 Å². The van der Waals surface area contributed by atoms with Gasteiger partial charge in [-0.3, -0.25) is 4.21 Å². The Balaban J connectivity index is 2.11. The summed E-state index contributed by atoms with van der Waals surface area (Å²) >= 11 is 0. The van der Waals surface area contributed by atoms with Crippen molar-refractivity contribution in [2.75, 3.05) is 5.73 Å². The molecule has 1 atom stereocenters. The zero-order chi connectivity index (χ0) is 11.5. The number of aromatic nitrogens is 1. The van der Waals surface area contributed by atoms with E-state index in [1.54, 1.807) is 18.3 Å². The largest absolute Gasteiger partial charge is 0.396 e. The third kappa shape index (κ3) is 2.43. The minimum Gasteiger partial charge on any atom is -0.396 e. The summed E-state index contributed by atoms with van der Waals surface area (Å²) < 4.78 is 12.3. The number of hydrogen-bond acceptors (Lipinski definition) is 3. The van der Waals surface area contributed by atoms with E-state index in [1.165, 1.54) is 12.8 Å². The second-order valence-corrected chi connectivity index (χ2v) is 6.23. The van der Waals surface area contributed by atoms with Gasteiger partial charge in [-0.15, -0.1) is 0 Å². The highest BCUT2D eigenvalue weighted by atomic mass is 32.2. The lowest BCUT2D eigenvalue weighted by molar-refractivity contribution is 0.388. The zero-order valence-corrected chi connectivity index (χ0v) is 10.4. The Kier molecular flexibility index (Phi) is 3.59.